The molecule has 0 N–H and O–H groups in total. The van der Waals surface area contributed by atoms with Gasteiger partial charge in [0.2, 0.25) is 0 Å². The summed E-state index contributed by atoms with van der Waals surface area (Å²) < 4.78 is 18.4. The number of hydrogen-bond acceptors (Lipinski definition) is 5. The third-order valence-corrected chi connectivity index (χ3v) is 11.2. The summed E-state index contributed by atoms with van der Waals surface area (Å²) in [7, 11) is 0. The van der Waals surface area contributed by atoms with Crippen LogP contribution in [0.1, 0.15) is 113 Å². The molecule has 9 atom stereocenters. The fraction of sp³-hybridized carbons (Fsp3) is 0.871. The molecule has 1 aliphatic heterocycles. The van der Waals surface area contributed by atoms with Crippen LogP contribution >= 0.6 is 0 Å². The van der Waals surface area contributed by atoms with Crippen LogP contribution in [0.5, 0.6) is 0 Å². The van der Waals surface area contributed by atoms with Crippen LogP contribution in [0.2, 0.25) is 0 Å². The monoisotopic (exact) mass is 500 g/mol. The van der Waals surface area contributed by atoms with E-state index in [1.54, 1.807) is 5.57 Å². The van der Waals surface area contributed by atoms with Crippen LogP contribution in [0.15, 0.2) is 11.1 Å². The molecule has 0 aromatic heterocycles. The maximum absolute atomic E-state index is 12.3. The molecule has 5 rings (SSSR count). The second-order valence-corrected chi connectivity index (χ2v) is 13.7. The van der Waals surface area contributed by atoms with Gasteiger partial charge in [0.25, 0.3) is 0 Å². The highest BCUT2D eigenvalue weighted by molar-refractivity contribution is 5.67. The summed E-state index contributed by atoms with van der Waals surface area (Å²) in [5.74, 6) is 2.11. The van der Waals surface area contributed by atoms with Crippen LogP contribution in [0.25, 0.3) is 0 Å². The number of hydrogen-bond donors (Lipinski definition) is 0. The smallest absolute Gasteiger partial charge is 0.303 e. The lowest BCUT2D eigenvalue weighted by Gasteiger charge is -2.56. The molecule has 3 saturated carbocycles. The van der Waals surface area contributed by atoms with E-state index in [4.69, 9.17) is 14.2 Å². The summed E-state index contributed by atoms with van der Waals surface area (Å²) in [5, 5.41) is 0. The summed E-state index contributed by atoms with van der Waals surface area (Å²) in [6, 6.07) is 0. The Morgan fingerprint density at radius 1 is 1.00 bits per heavy atom. The van der Waals surface area contributed by atoms with Gasteiger partial charge in [-0.1, -0.05) is 59.5 Å². The number of esters is 2. The number of allylic oxidation sites excluding steroid dienone is 1. The largest absolute Gasteiger partial charge is 0.462 e. The second-order valence-electron chi connectivity index (χ2n) is 13.7. The van der Waals surface area contributed by atoms with Gasteiger partial charge in [0, 0.05) is 25.7 Å². The van der Waals surface area contributed by atoms with Gasteiger partial charge in [-0.15, -0.1) is 0 Å². The first-order valence-corrected chi connectivity index (χ1v) is 14.7. The number of carbonyl (C=O) groups is 2. The number of fused-ring (bicyclic) bond motifs is 3. The Kier molecular flexibility index (Phi) is 6.66. The molecule has 0 aromatic carbocycles. The van der Waals surface area contributed by atoms with Crippen LogP contribution in [-0.2, 0) is 23.8 Å². The molecular weight excluding hydrogens is 452 g/mol. The highest BCUT2D eigenvalue weighted by atomic mass is 16.7. The number of epoxide rings is 1. The van der Waals surface area contributed by atoms with E-state index in [1.165, 1.54) is 51.5 Å². The zero-order valence-electron chi connectivity index (χ0n) is 23.7. The predicted octanol–water partition coefficient (Wildman–Crippen LogP) is 6.78. The van der Waals surface area contributed by atoms with Gasteiger partial charge in [-0.2, -0.15) is 0 Å². The molecule has 5 heteroatoms. The highest BCUT2D eigenvalue weighted by Crippen LogP contribution is 2.73. The lowest BCUT2D eigenvalue weighted by Crippen LogP contribution is -2.58. The Balaban J connectivity index is 1.47. The molecule has 0 aromatic rings. The molecule has 0 radical (unpaired) electrons. The molecule has 4 fully saturated rings. The van der Waals surface area contributed by atoms with E-state index in [1.807, 2.05) is 0 Å². The zero-order chi connectivity index (χ0) is 26.0. The second kappa shape index (κ2) is 9.13. The van der Waals surface area contributed by atoms with Crippen LogP contribution in [0, 0.1) is 34.5 Å². The lowest BCUT2D eigenvalue weighted by molar-refractivity contribution is -0.153. The predicted molar refractivity (Wildman–Crippen MR) is 139 cm³/mol. The lowest BCUT2D eigenvalue weighted by atomic mass is 9.48. The van der Waals surface area contributed by atoms with E-state index in [0.29, 0.717) is 17.8 Å². The molecule has 0 bridgehead atoms. The van der Waals surface area contributed by atoms with E-state index in [0.717, 1.165) is 38.0 Å². The summed E-state index contributed by atoms with van der Waals surface area (Å²) in [5.41, 5.74) is 2.86. The first-order valence-electron chi connectivity index (χ1n) is 14.7. The minimum absolute atomic E-state index is 0.00437. The van der Waals surface area contributed by atoms with E-state index in [9.17, 15) is 9.59 Å². The van der Waals surface area contributed by atoms with Crippen molar-refractivity contribution in [2.45, 2.75) is 137 Å². The molecule has 1 saturated heterocycles. The standard InChI is InChI=1S/C31H48O5/c1-18(2)9-8-10-19(3)23-11-12-24-26-25(14-15-29(23,24)6)30(7)16-13-22(34-20(4)32)17-31(30)28(36-31)27(26)35-21(5)33/h18-19,22-23,25,27-28H,8-17H2,1-7H3. The van der Waals surface area contributed by atoms with Gasteiger partial charge in [0.1, 0.15) is 17.8 Å². The average molecular weight is 501 g/mol. The first-order chi connectivity index (χ1) is 16.9. The molecule has 1 spiro atoms. The summed E-state index contributed by atoms with van der Waals surface area (Å²) in [6.45, 7) is 15.1. The minimum atomic E-state index is -0.351. The normalized spacial score (nSPS) is 43.7. The third-order valence-electron chi connectivity index (χ3n) is 11.2. The maximum atomic E-state index is 12.3. The topological polar surface area (TPSA) is 65.1 Å². The highest BCUT2D eigenvalue weighted by Gasteiger charge is 2.78. The van der Waals surface area contributed by atoms with Crippen molar-refractivity contribution in [2.24, 2.45) is 34.5 Å². The van der Waals surface area contributed by atoms with Gasteiger partial charge in [-0.3, -0.25) is 9.59 Å². The molecule has 9 unspecified atom stereocenters. The van der Waals surface area contributed by atoms with E-state index in [-0.39, 0.29) is 46.7 Å². The summed E-state index contributed by atoms with van der Waals surface area (Å²) in [4.78, 5) is 24.1. The number of carbonyl (C=O) groups excluding carboxylic acids is 2. The number of ether oxygens (including phenoxy) is 3. The Labute approximate surface area is 218 Å². The van der Waals surface area contributed by atoms with Crippen molar-refractivity contribution >= 4 is 11.9 Å². The Bertz CT molecular complexity index is 937. The van der Waals surface area contributed by atoms with Crippen LogP contribution in [-0.4, -0.2) is 35.9 Å². The van der Waals surface area contributed by atoms with E-state index in [2.05, 4.69) is 34.6 Å². The van der Waals surface area contributed by atoms with Gasteiger partial charge in [0.15, 0.2) is 6.10 Å². The van der Waals surface area contributed by atoms with Crippen LogP contribution in [0.3, 0.4) is 0 Å². The van der Waals surface area contributed by atoms with Gasteiger partial charge >= 0.3 is 11.9 Å². The van der Waals surface area contributed by atoms with Crippen LogP contribution < -0.4 is 0 Å². The van der Waals surface area contributed by atoms with Gasteiger partial charge in [-0.25, -0.2) is 0 Å². The molecule has 1 heterocycles. The van der Waals surface area contributed by atoms with Crippen molar-refractivity contribution < 1.29 is 23.8 Å². The van der Waals surface area contributed by atoms with Gasteiger partial charge in [0.05, 0.1) is 0 Å². The van der Waals surface area contributed by atoms with Crippen molar-refractivity contribution in [1.82, 2.24) is 0 Å². The quantitative estimate of drug-likeness (QED) is 0.219. The number of rotatable bonds is 7. The van der Waals surface area contributed by atoms with Crippen molar-refractivity contribution in [3.05, 3.63) is 11.1 Å². The van der Waals surface area contributed by atoms with Gasteiger partial charge < -0.3 is 14.2 Å². The molecule has 36 heavy (non-hydrogen) atoms. The molecule has 4 aliphatic carbocycles. The Hall–Kier alpha value is -1.36. The SMILES string of the molecule is CC(=O)OC1CCC2(C)C3CCC4(C)C(=C3C(OC(C)=O)C3OC32C1)CCC4C(C)CCCC(C)C. The first kappa shape index (κ1) is 26.3. The molecule has 5 aliphatic rings. The molecule has 5 nitrogen and oxygen atoms in total. The fourth-order valence-electron chi connectivity index (χ4n) is 9.48. The average Bonchev–Trinajstić information content (AvgIpc) is 3.39. The fourth-order valence-corrected chi connectivity index (χ4v) is 9.48. The summed E-state index contributed by atoms with van der Waals surface area (Å²) >= 11 is 0. The van der Waals surface area contributed by atoms with Crippen LogP contribution in [0.4, 0.5) is 0 Å². The van der Waals surface area contributed by atoms with Crippen molar-refractivity contribution in [2.75, 3.05) is 0 Å². The third kappa shape index (κ3) is 3.98. The summed E-state index contributed by atoms with van der Waals surface area (Å²) in [6.07, 6.45) is 10.7. The van der Waals surface area contributed by atoms with Crippen molar-refractivity contribution in [1.29, 1.82) is 0 Å². The van der Waals surface area contributed by atoms with Crippen molar-refractivity contribution in [3.63, 3.8) is 0 Å². The minimum Gasteiger partial charge on any atom is -0.462 e. The molecular formula is C31H48O5. The zero-order valence-corrected chi connectivity index (χ0v) is 23.7. The Morgan fingerprint density at radius 2 is 1.72 bits per heavy atom. The van der Waals surface area contributed by atoms with Crippen molar-refractivity contribution in [3.8, 4) is 0 Å². The maximum Gasteiger partial charge on any atom is 0.303 e. The van der Waals surface area contributed by atoms with E-state index < -0.39 is 0 Å². The molecule has 0 amide bonds. The Morgan fingerprint density at radius 3 is 2.39 bits per heavy atom. The molecule has 202 valence electrons. The van der Waals surface area contributed by atoms with Gasteiger partial charge in [-0.05, 0) is 73.2 Å². The van der Waals surface area contributed by atoms with E-state index >= 15 is 0 Å².